The molecule has 6 heteroatoms. The van der Waals surface area contributed by atoms with Crippen LogP contribution in [-0.4, -0.2) is 59.6 Å². The molecule has 0 spiro atoms. The first-order valence-electron chi connectivity index (χ1n) is 9.47. The third-order valence-corrected chi connectivity index (χ3v) is 5.64. The zero-order valence-electron chi connectivity index (χ0n) is 16.3. The number of carbonyl (C=O) groups excluding carboxylic acids is 1. The van der Waals surface area contributed by atoms with E-state index in [-0.39, 0.29) is 17.6 Å². The molecule has 2 unspecified atom stereocenters. The summed E-state index contributed by atoms with van der Waals surface area (Å²) in [6.45, 7) is 1.56. The Morgan fingerprint density at radius 3 is 2.68 bits per heavy atom. The van der Waals surface area contributed by atoms with E-state index in [0.29, 0.717) is 43.1 Å². The predicted molar refractivity (Wildman–Crippen MR) is 110 cm³/mol. The molecule has 1 aliphatic rings. The van der Waals surface area contributed by atoms with Crippen LogP contribution in [0.25, 0.3) is 0 Å². The van der Waals surface area contributed by atoms with Crippen molar-refractivity contribution in [3.63, 3.8) is 0 Å². The van der Waals surface area contributed by atoms with Gasteiger partial charge in [-0.15, -0.1) is 0 Å². The van der Waals surface area contributed by atoms with E-state index in [4.69, 9.17) is 11.6 Å². The Balaban J connectivity index is 1.79. The SMILES string of the molecule is CN(C)CC1CN(C(=O)Cc2cccc(Cl)c2)CCC1(O)c1cccc(O)c1. The molecule has 1 saturated heterocycles. The van der Waals surface area contributed by atoms with Gasteiger partial charge in [0.05, 0.1) is 12.0 Å². The number of amides is 1. The number of hydrogen-bond donors (Lipinski definition) is 2. The minimum absolute atomic E-state index is 0.0315. The van der Waals surface area contributed by atoms with Crippen molar-refractivity contribution in [3.8, 4) is 5.75 Å². The number of aromatic hydroxyl groups is 1. The second-order valence-corrected chi connectivity index (χ2v) is 8.27. The summed E-state index contributed by atoms with van der Waals surface area (Å²) in [5, 5.41) is 22.0. The molecule has 28 heavy (non-hydrogen) atoms. The molecule has 2 aromatic carbocycles. The Labute approximate surface area is 171 Å². The van der Waals surface area contributed by atoms with Crippen LogP contribution in [-0.2, 0) is 16.8 Å². The Morgan fingerprint density at radius 2 is 2.00 bits per heavy atom. The first kappa shape index (κ1) is 20.6. The maximum absolute atomic E-state index is 12.9. The van der Waals surface area contributed by atoms with Gasteiger partial charge in [0.25, 0.3) is 0 Å². The average Bonchev–Trinajstić information content (AvgIpc) is 2.63. The van der Waals surface area contributed by atoms with E-state index in [1.807, 2.05) is 48.2 Å². The third-order valence-electron chi connectivity index (χ3n) is 5.41. The van der Waals surface area contributed by atoms with E-state index >= 15 is 0 Å². The van der Waals surface area contributed by atoms with E-state index in [9.17, 15) is 15.0 Å². The van der Waals surface area contributed by atoms with Gasteiger partial charge >= 0.3 is 0 Å². The van der Waals surface area contributed by atoms with Crippen molar-refractivity contribution in [1.82, 2.24) is 9.80 Å². The average molecular weight is 403 g/mol. The van der Waals surface area contributed by atoms with E-state index in [1.165, 1.54) is 0 Å². The standard InChI is InChI=1S/C22H27ClN2O3/c1-24(2)14-18-15-25(21(27)12-16-5-3-7-19(23)11-16)10-9-22(18,28)17-6-4-8-20(26)13-17/h3-8,11,13,18,26,28H,9-10,12,14-15H2,1-2H3. The maximum Gasteiger partial charge on any atom is 0.227 e. The normalized spacial score (nSPS) is 22.5. The monoisotopic (exact) mass is 402 g/mol. The Kier molecular flexibility index (Phi) is 6.28. The molecular weight excluding hydrogens is 376 g/mol. The van der Waals surface area contributed by atoms with Gasteiger partial charge in [-0.3, -0.25) is 4.79 Å². The Bertz CT molecular complexity index is 842. The summed E-state index contributed by atoms with van der Waals surface area (Å²) in [5.41, 5.74) is 0.493. The number of rotatable bonds is 5. The highest BCUT2D eigenvalue weighted by Gasteiger charge is 2.44. The lowest BCUT2D eigenvalue weighted by molar-refractivity contribution is -0.141. The molecule has 2 aromatic rings. The van der Waals surface area contributed by atoms with Gasteiger partial charge in [-0.2, -0.15) is 0 Å². The summed E-state index contributed by atoms with van der Waals surface area (Å²) in [6, 6.07) is 14.1. The number of likely N-dealkylation sites (tertiary alicyclic amines) is 1. The molecule has 1 heterocycles. The van der Waals surface area contributed by atoms with E-state index in [0.717, 1.165) is 5.56 Å². The van der Waals surface area contributed by atoms with Gasteiger partial charge in [0.15, 0.2) is 0 Å². The molecule has 0 saturated carbocycles. The number of halogens is 1. The summed E-state index contributed by atoms with van der Waals surface area (Å²) in [5.74, 6) is -0.000617. The van der Waals surface area contributed by atoms with Gasteiger partial charge in [-0.05, 0) is 55.9 Å². The minimum Gasteiger partial charge on any atom is -0.508 e. The number of benzene rings is 2. The van der Waals surface area contributed by atoms with Crippen LogP contribution in [0.2, 0.25) is 5.02 Å². The second kappa shape index (κ2) is 8.52. The molecule has 1 fully saturated rings. The van der Waals surface area contributed by atoms with Crippen LogP contribution in [0, 0.1) is 5.92 Å². The van der Waals surface area contributed by atoms with Crippen molar-refractivity contribution in [1.29, 1.82) is 0 Å². The summed E-state index contributed by atoms with van der Waals surface area (Å²) in [6.07, 6.45) is 0.718. The number of piperidine rings is 1. The Hall–Kier alpha value is -2.08. The fourth-order valence-electron chi connectivity index (χ4n) is 3.98. The molecule has 2 N–H and O–H groups in total. The molecule has 3 rings (SSSR count). The lowest BCUT2D eigenvalue weighted by Gasteiger charge is -2.46. The molecule has 0 aliphatic carbocycles. The van der Waals surface area contributed by atoms with Gasteiger partial charge in [0.2, 0.25) is 5.91 Å². The zero-order chi connectivity index (χ0) is 20.3. The van der Waals surface area contributed by atoms with Crippen molar-refractivity contribution in [2.45, 2.75) is 18.4 Å². The first-order chi connectivity index (χ1) is 13.3. The first-order valence-corrected chi connectivity index (χ1v) is 9.84. The quantitative estimate of drug-likeness (QED) is 0.807. The molecule has 2 atom stereocenters. The van der Waals surface area contributed by atoms with Crippen molar-refractivity contribution < 1.29 is 15.0 Å². The van der Waals surface area contributed by atoms with Crippen LogP contribution in [0.1, 0.15) is 17.5 Å². The summed E-state index contributed by atoms with van der Waals surface area (Å²) < 4.78 is 0. The maximum atomic E-state index is 12.9. The summed E-state index contributed by atoms with van der Waals surface area (Å²) >= 11 is 6.03. The minimum atomic E-state index is -1.09. The predicted octanol–water partition coefficient (Wildman–Crippen LogP) is 2.89. The van der Waals surface area contributed by atoms with Crippen molar-refractivity contribution >= 4 is 17.5 Å². The molecular formula is C22H27ClN2O3. The summed E-state index contributed by atoms with van der Waals surface area (Å²) in [4.78, 5) is 16.7. The van der Waals surface area contributed by atoms with E-state index < -0.39 is 5.60 Å². The van der Waals surface area contributed by atoms with Crippen LogP contribution in [0.4, 0.5) is 0 Å². The summed E-state index contributed by atoms with van der Waals surface area (Å²) in [7, 11) is 3.91. The fourth-order valence-corrected chi connectivity index (χ4v) is 4.20. The molecule has 0 bridgehead atoms. The number of carbonyl (C=O) groups is 1. The molecule has 1 amide bonds. The highest BCUT2D eigenvalue weighted by Crippen LogP contribution is 2.39. The van der Waals surface area contributed by atoms with Gasteiger partial charge in [-0.25, -0.2) is 0 Å². The van der Waals surface area contributed by atoms with Crippen LogP contribution >= 0.6 is 11.6 Å². The van der Waals surface area contributed by atoms with Crippen LogP contribution < -0.4 is 0 Å². The van der Waals surface area contributed by atoms with Gasteiger partial charge in [-0.1, -0.05) is 35.9 Å². The van der Waals surface area contributed by atoms with Crippen LogP contribution in [0.15, 0.2) is 48.5 Å². The van der Waals surface area contributed by atoms with E-state index in [1.54, 1.807) is 24.3 Å². The number of hydrogen-bond acceptors (Lipinski definition) is 4. The molecule has 1 aliphatic heterocycles. The highest BCUT2D eigenvalue weighted by molar-refractivity contribution is 6.30. The van der Waals surface area contributed by atoms with Crippen molar-refractivity contribution in [2.24, 2.45) is 5.92 Å². The lowest BCUT2D eigenvalue weighted by Crippen LogP contribution is -2.54. The largest absolute Gasteiger partial charge is 0.508 e. The number of nitrogens with zero attached hydrogens (tertiary/aromatic N) is 2. The smallest absolute Gasteiger partial charge is 0.227 e. The number of phenols is 1. The molecule has 0 aromatic heterocycles. The third kappa shape index (κ3) is 4.66. The van der Waals surface area contributed by atoms with E-state index in [2.05, 4.69) is 0 Å². The zero-order valence-corrected chi connectivity index (χ0v) is 17.1. The number of phenolic OH excluding ortho intramolecular Hbond substituents is 1. The number of aliphatic hydroxyl groups is 1. The van der Waals surface area contributed by atoms with Gasteiger partial charge in [0, 0.05) is 30.6 Å². The molecule has 5 nitrogen and oxygen atoms in total. The Morgan fingerprint density at radius 1 is 1.25 bits per heavy atom. The molecule has 0 radical (unpaired) electrons. The topological polar surface area (TPSA) is 64.0 Å². The van der Waals surface area contributed by atoms with Crippen molar-refractivity contribution in [2.75, 3.05) is 33.7 Å². The lowest BCUT2D eigenvalue weighted by atomic mass is 9.75. The van der Waals surface area contributed by atoms with Gasteiger partial charge in [0.1, 0.15) is 5.75 Å². The second-order valence-electron chi connectivity index (χ2n) is 7.83. The van der Waals surface area contributed by atoms with Crippen LogP contribution in [0.5, 0.6) is 5.75 Å². The fraction of sp³-hybridized carbons (Fsp3) is 0.409. The van der Waals surface area contributed by atoms with Gasteiger partial charge < -0.3 is 20.0 Å². The van der Waals surface area contributed by atoms with Crippen LogP contribution in [0.3, 0.4) is 0 Å². The highest BCUT2D eigenvalue weighted by atomic mass is 35.5. The molecule has 150 valence electrons. The van der Waals surface area contributed by atoms with Crippen molar-refractivity contribution in [3.05, 3.63) is 64.7 Å².